The molecule has 0 unspecified atom stereocenters. The van der Waals surface area contributed by atoms with Crippen molar-refractivity contribution >= 4 is 11.6 Å². The average molecular weight is 256 g/mol. The summed E-state index contributed by atoms with van der Waals surface area (Å²) in [5.74, 6) is -0.426. The number of benzene rings is 2. The highest BCUT2D eigenvalue weighted by Gasteiger charge is 2.02. The molecule has 1 amide bonds. The quantitative estimate of drug-likeness (QED) is 0.764. The highest BCUT2D eigenvalue weighted by Crippen LogP contribution is 2.16. The van der Waals surface area contributed by atoms with Crippen LogP contribution in [0, 0.1) is 0 Å². The van der Waals surface area contributed by atoms with Crippen molar-refractivity contribution in [3.63, 3.8) is 0 Å². The van der Waals surface area contributed by atoms with Crippen molar-refractivity contribution in [1.82, 2.24) is 0 Å². The molecule has 0 atom stereocenters. The number of hydrogen-bond donors (Lipinski definition) is 3. The van der Waals surface area contributed by atoms with Crippen molar-refractivity contribution in [2.24, 2.45) is 5.73 Å². The molecule has 0 aliphatic rings. The van der Waals surface area contributed by atoms with Gasteiger partial charge >= 0.3 is 0 Å². The molecule has 4 N–H and O–H groups in total. The first-order valence-corrected chi connectivity index (χ1v) is 6.02. The van der Waals surface area contributed by atoms with Crippen molar-refractivity contribution in [3.05, 3.63) is 65.2 Å². The van der Waals surface area contributed by atoms with Crippen molar-refractivity contribution < 1.29 is 9.90 Å². The number of para-hydroxylation sites is 1. The van der Waals surface area contributed by atoms with Crippen molar-refractivity contribution in [2.45, 2.75) is 13.2 Å². The molecule has 0 bridgehead atoms. The first kappa shape index (κ1) is 13.1. The van der Waals surface area contributed by atoms with Crippen LogP contribution in [0.25, 0.3) is 0 Å². The fourth-order valence-corrected chi connectivity index (χ4v) is 1.81. The summed E-state index contributed by atoms with van der Waals surface area (Å²) in [7, 11) is 0. The lowest BCUT2D eigenvalue weighted by Crippen LogP contribution is -2.10. The van der Waals surface area contributed by atoms with Gasteiger partial charge in [0, 0.05) is 23.4 Å². The summed E-state index contributed by atoms with van der Waals surface area (Å²) >= 11 is 0. The molecular weight excluding hydrogens is 240 g/mol. The molecule has 98 valence electrons. The molecule has 0 aromatic heterocycles. The van der Waals surface area contributed by atoms with Gasteiger partial charge in [-0.3, -0.25) is 4.79 Å². The number of nitrogens with two attached hydrogens (primary N) is 1. The first-order chi connectivity index (χ1) is 9.20. The van der Waals surface area contributed by atoms with Gasteiger partial charge in [-0.2, -0.15) is 0 Å². The van der Waals surface area contributed by atoms with Gasteiger partial charge in [0.15, 0.2) is 0 Å². The van der Waals surface area contributed by atoms with Gasteiger partial charge < -0.3 is 16.2 Å². The number of primary amides is 1. The highest BCUT2D eigenvalue weighted by atomic mass is 16.3. The molecule has 0 saturated carbocycles. The van der Waals surface area contributed by atoms with Gasteiger partial charge in [-0.05, 0) is 23.8 Å². The Bertz CT molecular complexity index is 565. The number of hydrogen-bond acceptors (Lipinski definition) is 3. The predicted molar refractivity (Wildman–Crippen MR) is 74.7 cm³/mol. The molecule has 0 spiro atoms. The SMILES string of the molecule is NC(=O)c1ccc(CNc2ccccc2CO)cc1. The Hall–Kier alpha value is -2.33. The maximum absolute atomic E-state index is 11.0. The van der Waals surface area contributed by atoms with Crippen molar-refractivity contribution in [1.29, 1.82) is 0 Å². The third-order valence-corrected chi connectivity index (χ3v) is 2.91. The van der Waals surface area contributed by atoms with E-state index >= 15 is 0 Å². The molecule has 0 radical (unpaired) electrons. The van der Waals surface area contributed by atoms with Gasteiger partial charge in [-0.25, -0.2) is 0 Å². The van der Waals surface area contributed by atoms with Crippen LogP contribution in [0.3, 0.4) is 0 Å². The number of rotatable bonds is 5. The molecule has 0 heterocycles. The Balaban J connectivity index is 2.04. The number of nitrogens with one attached hydrogen (secondary N) is 1. The predicted octanol–water partition coefficient (Wildman–Crippen LogP) is 1.89. The number of amides is 1. The molecule has 0 aliphatic heterocycles. The second-order valence-corrected chi connectivity index (χ2v) is 4.23. The number of carbonyl (C=O) groups is 1. The van der Waals surface area contributed by atoms with E-state index in [2.05, 4.69) is 5.32 Å². The van der Waals surface area contributed by atoms with E-state index in [9.17, 15) is 9.90 Å². The zero-order valence-electron chi connectivity index (χ0n) is 10.5. The molecule has 4 heteroatoms. The maximum Gasteiger partial charge on any atom is 0.248 e. The van der Waals surface area contributed by atoms with Crippen LogP contribution in [0.5, 0.6) is 0 Å². The minimum absolute atomic E-state index is 0.00376. The summed E-state index contributed by atoms with van der Waals surface area (Å²) in [5, 5.41) is 12.5. The summed E-state index contributed by atoms with van der Waals surface area (Å²) < 4.78 is 0. The van der Waals surface area contributed by atoms with Crippen LogP contribution in [-0.2, 0) is 13.2 Å². The smallest absolute Gasteiger partial charge is 0.248 e. The van der Waals surface area contributed by atoms with E-state index in [0.717, 1.165) is 16.8 Å². The molecule has 0 saturated heterocycles. The van der Waals surface area contributed by atoms with Crippen molar-refractivity contribution in [3.8, 4) is 0 Å². The van der Waals surface area contributed by atoms with E-state index in [1.54, 1.807) is 12.1 Å². The molecule has 0 fully saturated rings. The Morgan fingerprint density at radius 2 is 1.79 bits per heavy atom. The van der Waals surface area contributed by atoms with Gasteiger partial charge in [0.05, 0.1) is 6.61 Å². The lowest BCUT2D eigenvalue weighted by molar-refractivity contribution is 0.100. The third kappa shape index (κ3) is 3.33. The van der Waals surface area contributed by atoms with Crippen LogP contribution < -0.4 is 11.1 Å². The Kier molecular flexibility index (Phi) is 4.15. The van der Waals surface area contributed by atoms with E-state index in [0.29, 0.717) is 12.1 Å². The lowest BCUT2D eigenvalue weighted by atomic mass is 10.1. The molecule has 2 aromatic carbocycles. The van der Waals surface area contributed by atoms with Crippen LogP contribution in [0.2, 0.25) is 0 Å². The normalized spacial score (nSPS) is 10.2. The third-order valence-electron chi connectivity index (χ3n) is 2.91. The summed E-state index contributed by atoms with van der Waals surface area (Å²) in [6.07, 6.45) is 0. The second-order valence-electron chi connectivity index (χ2n) is 4.23. The molecule has 19 heavy (non-hydrogen) atoms. The minimum Gasteiger partial charge on any atom is -0.392 e. The minimum atomic E-state index is -0.426. The Labute approximate surface area is 111 Å². The molecule has 2 aromatic rings. The lowest BCUT2D eigenvalue weighted by Gasteiger charge is -2.10. The number of aliphatic hydroxyl groups excluding tert-OH is 1. The monoisotopic (exact) mass is 256 g/mol. The molecule has 0 aliphatic carbocycles. The topological polar surface area (TPSA) is 75.4 Å². The van der Waals surface area contributed by atoms with Gasteiger partial charge in [-0.15, -0.1) is 0 Å². The van der Waals surface area contributed by atoms with E-state index < -0.39 is 5.91 Å². The largest absolute Gasteiger partial charge is 0.392 e. The summed E-state index contributed by atoms with van der Waals surface area (Å²) in [5.41, 5.74) is 8.49. The van der Waals surface area contributed by atoms with Crippen LogP contribution in [0.15, 0.2) is 48.5 Å². The van der Waals surface area contributed by atoms with Gasteiger partial charge in [0.2, 0.25) is 5.91 Å². The van der Waals surface area contributed by atoms with Crippen LogP contribution in [0.1, 0.15) is 21.5 Å². The Morgan fingerprint density at radius 1 is 1.11 bits per heavy atom. The first-order valence-electron chi connectivity index (χ1n) is 6.02. The average Bonchev–Trinajstić information content (AvgIpc) is 2.45. The Morgan fingerprint density at radius 3 is 2.42 bits per heavy atom. The fraction of sp³-hybridized carbons (Fsp3) is 0.133. The van der Waals surface area contributed by atoms with E-state index in [1.165, 1.54) is 0 Å². The standard InChI is InChI=1S/C15H16N2O2/c16-15(19)12-7-5-11(6-8-12)9-17-14-4-2-1-3-13(14)10-18/h1-8,17-18H,9-10H2,(H2,16,19). The molecule has 4 nitrogen and oxygen atoms in total. The summed E-state index contributed by atoms with van der Waals surface area (Å²) in [4.78, 5) is 11.0. The molecule has 2 rings (SSSR count). The number of aliphatic hydroxyl groups is 1. The van der Waals surface area contributed by atoms with E-state index in [1.807, 2.05) is 36.4 Å². The van der Waals surface area contributed by atoms with Gasteiger partial charge in [0.1, 0.15) is 0 Å². The molecular formula is C15H16N2O2. The summed E-state index contributed by atoms with van der Waals surface area (Å²) in [6, 6.07) is 14.7. The fourth-order valence-electron chi connectivity index (χ4n) is 1.81. The highest BCUT2D eigenvalue weighted by molar-refractivity contribution is 5.92. The zero-order valence-corrected chi connectivity index (χ0v) is 10.5. The number of carbonyl (C=O) groups excluding carboxylic acids is 1. The number of anilines is 1. The van der Waals surface area contributed by atoms with Crippen LogP contribution in [-0.4, -0.2) is 11.0 Å². The van der Waals surface area contributed by atoms with E-state index in [-0.39, 0.29) is 6.61 Å². The van der Waals surface area contributed by atoms with Crippen LogP contribution >= 0.6 is 0 Å². The van der Waals surface area contributed by atoms with Crippen LogP contribution in [0.4, 0.5) is 5.69 Å². The van der Waals surface area contributed by atoms with E-state index in [4.69, 9.17) is 5.73 Å². The summed E-state index contributed by atoms with van der Waals surface area (Å²) in [6.45, 7) is 0.625. The maximum atomic E-state index is 11.0. The van der Waals surface area contributed by atoms with Gasteiger partial charge in [0.25, 0.3) is 0 Å². The second kappa shape index (κ2) is 6.02. The van der Waals surface area contributed by atoms with Gasteiger partial charge in [-0.1, -0.05) is 30.3 Å². The zero-order chi connectivity index (χ0) is 13.7. The van der Waals surface area contributed by atoms with Crippen molar-refractivity contribution in [2.75, 3.05) is 5.32 Å².